The number of rotatable bonds is 5. The van der Waals surface area contributed by atoms with Gasteiger partial charge in [0.1, 0.15) is 5.69 Å². The van der Waals surface area contributed by atoms with Crippen LogP contribution in [0.1, 0.15) is 32.5 Å². The highest BCUT2D eigenvalue weighted by Crippen LogP contribution is 2.41. The SMILES string of the molecule is COc1cnc(C(NN)C2C(C)OC(C)C2C)c(OC)n1. The van der Waals surface area contributed by atoms with Crippen LogP contribution in [0.15, 0.2) is 6.20 Å². The predicted molar refractivity (Wildman–Crippen MR) is 77.9 cm³/mol. The maximum Gasteiger partial charge on any atom is 0.240 e. The predicted octanol–water partition coefficient (Wildman–Crippen LogP) is 1.06. The lowest BCUT2D eigenvalue weighted by Gasteiger charge is -2.28. The van der Waals surface area contributed by atoms with Crippen LogP contribution in [0.4, 0.5) is 0 Å². The molecule has 7 heteroatoms. The molecule has 7 nitrogen and oxygen atoms in total. The Hall–Kier alpha value is -1.44. The average Bonchev–Trinajstić information content (AvgIpc) is 2.74. The number of ether oxygens (including phenoxy) is 3. The maximum absolute atomic E-state index is 5.90. The van der Waals surface area contributed by atoms with Crippen molar-refractivity contribution >= 4 is 0 Å². The lowest BCUT2D eigenvalue weighted by atomic mass is 9.82. The molecule has 2 rings (SSSR count). The molecule has 2 heterocycles. The van der Waals surface area contributed by atoms with Gasteiger partial charge in [0, 0.05) is 5.92 Å². The van der Waals surface area contributed by atoms with Crippen LogP contribution in [0, 0.1) is 11.8 Å². The van der Waals surface area contributed by atoms with E-state index in [1.165, 1.54) is 0 Å². The number of aromatic nitrogens is 2. The summed E-state index contributed by atoms with van der Waals surface area (Å²) in [6, 6.07) is -0.201. The number of methoxy groups -OCH3 is 2. The molecule has 0 aliphatic carbocycles. The summed E-state index contributed by atoms with van der Waals surface area (Å²) in [6.07, 6.45) is 1.82. The first kappa shape index (κ1) is 15.9. The third-order valence-electron chi connectivity index (χ3n) is 4.33. The quantitative estimate of drug-likeness (QED) is 0.620. The highest BCUT2D eigenvalue weighted by Gasteiger charge is 2.43. The van der Waals surface area contributed by atoms with Crippen LogP contribution in [0.3, 0.4) is 0 Å². The number of nitrogens with one attached hydrogen (secondary N) is 1. The normalized spacial score (nSPS) is 30.2. The van der Waals surface area contributed by atoms with Gasteiger partial charge in [-0.2, -0.15) is 4.98 Å². The molecule has 1 fully saturated rings. The van der Waals surface area contributed by atoms with Crippen molar-refractivity contribution in [2.75, 3.05) is 14.2 Å². The van der Waals surface area contributed by atoms with Crippen molar-refractivity contribution in [2.45, 2.75) is 39.0 Å². The molecular formula is C14H24N4O3. The minimum atomic E-state index is -0.201. The summed E-state index contributed by atoms with van der Waals surface area (Å²) in [4.78, 5) is 8.70. The van der Waals surface area contributed by atoms with Gasteiger partial charge in [0.05, 0.1) is 38.7 Å². The van der Waals surface area contributed by atoms with Gasteiger partial charge >= 0.3 is 0 Å². The second kappa shape index (κ2) is 6.55. The molecule has 21 heavy (non-hydrogen) atoms. The fourth-order valence-electron chi connectivity index (χ4n) is 3.07. The zero-order chi connectivity index (χ0) is 15.6. The molecule has 3 N–H and O–H groups in total. The summed E-state index contributed by atoms with van der Waals surface area (Å²) < 4.78 is 16.3. The summed E-state index contributed by atoms with van der Waals surface area (Å²) in [5.74, 6) is 7.13. The number of nitrogens with zero attached hydrogens (tertiary/aromatic N) is 2. The number of hydrogen-bond acceptors (Lipinski definition) is 7. The van der Waals surface area contributed by atoms with Crippen LogP contribution in [-0.4, -0.2) is 36.4 Å². The summed E-state index contributed by atoms with van der Waals surface area (Å²) in [6.45, 7) is 6.29. The van der Waals surface area contributed by atoms with E-state index in [4.69, 9.17) is 20.1 Å². The average molecular weight is 296 g/mol. The first-order valence-electron chi connectivity index (χ1n) is 7.10. The molecule has 1 aromatic heterocycles. The van der Waals surface area contributed by atoms with Gasteiger partial charge in [-0.05, 0) is 19.8 Å². The summed E-state index contributed by atoms with van der Waals surface area (Å²) in [7, 11) is 3.10. The Bertz CT molecular complexity index is 485. The summed E-state index contributed by atoms with van der Waals surface area (Å²) in [5, 5.41) is 0. The van der Waals surface area contributed by atoms with E-state index in [-0.39, 0.29) is 24.2 Å². The van der Waals surface area contributed by atoms with Crippen molar-refractivity contribution in [3.05, 3.63) is 11.9 Å². The third kappa shape index (κ3) is 2.95. The monoisotopic (exact) mass is 296 g/mol. The van der Waals surface area contributed by atoms with Gasteiger partial charge in [0.2, 0.25) is 11.8 Å². The minimum absolute atomic E-state index is 0.0738. The van der Waals surface area contributed by atoms with Crippen molar-refractivity contribution in [1.29, 1.82) is 0 Å². The van der Waals surface area contributed by atoms with Crippen molar-refractivity contribution in [2.24, 2.45) is 17.7 Å². The molecule has 0 bridgehead atoms. The standard InChI is InChI=1S/C14H24N4O3/c1-7-8(2)21-9(3)11(7)12(18-15)13-14(20-5)17-10(19-4)6-16-13/h6-9,11-12,18H,15H2,1-5H3. The van der Waals surface area contributed by atoms with Crippen LogP contribution in [-0.2, 0) is 4.74 Å². The van der Waals surface area contributed by atoms with Gasteiger partial charge in [-0.1, -0.05) is 6.92 Å². The zero-order valence-corrected chi connectivity index (χ0v) is 13.2. The van der Waals surface area contributed by atoms with Crippen LogP contribution in [0.2, 0.25) is 0 Å². The highest BCUT2D eigenvalue weighted by molar-refractivity contribution is 5.27. The number of hydrogen-bond donors (Lipinski definition) is 2. The van der Waals surface area contributed by atoms with Crippen LogP contribution < -0.4 is 20.7 Å². The molecular weight excluding hydrogens is 272 g/mol. The molecule has 118 valence electrons. The fraction of sp³-hybridized carbons (Fsp3) is 0.714. The Morgan fingerprint density at radius 3 is 2.43 bits per heavy atom. The molecule has 1 aliphatic heterocycles. The molecule has 5 unspecified atom stereocenters. The summed E-state index contributed by atoms with van der Waals surface area (Å²) >= 11 is 0. The molecule has 5 atom stereocenters. The van der Waals surface area contributed by atoms with E-state index in [2.05, 4.69) is 36.2 Å². The Balaban J connectivity index is 2.37. The van der Waals surface area contributed by atoms with Crippen molar-refractivity contribution < 1.29 is 14.2 Å². The Morgan fingerprint density at radius 2 is 1.95 bits per heavy atom. The topological polar surface area (TPSA) is 91.5 Å². The number of hydrazine groups is 1. The van der Waals surface area contributed by atoms with Gasteiger partial charge < -0.3 is 14.2 Å². The van der Waals surface area contributed by atoms with E-state index >= 15 is 0 Å². The molecule has 0 saturated carbocycles. The van der Waals surface area contributed by atoms with E-state index in [1.54, 1.807) is 20.4 Å². The molecule has 0 aromatic carbocycles. The first-order chi connectivity index (χ1) is 10.0. The van der Waals surface area contributed by atoms with E-state index in [0.717, 1.165) is 0 Å². The van der Waals surface area contributed by atoms with Crippen molar-refractivity contribution in [3.63, 3.8) is 0 Å². The van der Waals surface area contributed by atoms with Gasteiger partial charge in [-0.3, -0.25) is 11.3 Å². The van der Waals surface area contributed by atoms with Crippen LogP contribution >= 0.6 is 0 Å². The largest absolute Gasteiger partial charge is 0.480 e. The van der Waals surface area contributed by atoms with Crippen LogP contribution in [0.5, 0.6) is 11.8 Å². The molecule has 0 radical (unpaired) electrons. The van der Waals surface area contributed by atoms with E-state index < -0.39 is 0 Å². The Labute approximate surface area is 125 Å². The van der Waals surface area contributed by atoms with E-state index in [9.17, 15) is 0 Å². The number of nitrogens with two attached hydrogens (primary N) is 1. The third-order valence-corrected chi connectivity index (χ3v) is 4.33. The maximum atomic E-state index is 5.90. The molecule has 1 aliphatic rings. The zero-order valence-electron chi connectivity index (χ0n) is 13.2. The molecule has 0 spiro atoms. The van der Waals surface area contributed by atoms with E-state index in [1.807, 2.05) is 0 Å². The molecule has 0 amide bonds. The lowest BCUT2D eigenvalue weighted by molar-refractivity contribution is 0.0472. The van der Waals surface area contributed by atoms with Gasteiger partial charge in [-0.25, -0.2) is 4.98 Å². The van der Waals surface area contributed by atoms with Crippen molar-refractivity contribution in [1.82, 2.24) is 15.4 Å². The summed E-state index contributed by atoms with van der Waals surface area (Å²) in [5.41, 5.74) is 3.52. The molecule has 1 aromatic rings. The highest BCUT2D eigenvalue weighted by atomic mass is 16.5. The van der Waals surface area contributed by atoms with E-state index in [0.29, 0.717) is 23.4 Å². The van der Waals surface area contributed by atoms with Gasteiger partial charge in [0.15, 0.2) is 0 Å². The van der Waals surface area contributed by atoms with Crippen LogP contribution in [0.25, 0.3) is 0 Å². The lowest BCUT2D eigenvalue weighted by Crippen LogP contribution is -2.39. The smallest absolute Gasteiger partial charge is 0.240 e. The van der Waals surface area contributed by atoms with Gasteiger partial charge in [-0.15, -0.1) is 0 Å². The Morgan fingerprint density at radius 1 is 1.24 bits per heavy atom. The molecule has 1 saturated heterocycles. The fourth-order valence-corrected chi connectivity index (χ4v) is 3.07. The second-order valence-corrected chi connectivity index (χ2v) is 5.43. The minimum Gasteiger partial charge on any atom is -0.480 e. The second-order valence-electron chi connectivity index (χ2n) is 5.43. The van der Waals surface area contributed by atoms with Crippen molar-refractivity contribution in [3.8, 4) is 11.8 Å². The Kier molecular flexibility index (Phi) is 4.97. The first-order valence-corrected chi connectivity index (χ1v) is 7.10. The van der Waals surface area contributed by atoms with Gasteiger partial charge in [0.25, 0.3) is 0 Å².